The lowest BCUT2D eigenvalue weighted by molar-refractivity contribution is 0.149. The predicted molar refractivity (Wildman–Crippen MR) is 64.1 cm³/mol. The molecule has 1 rings (SSSR count). The van der Waals surface area contributed by atoms with E-state index in [0.29, 0.717) is 11.1 Å². The van der Waals surface area contributed by atoms with Gasteiger partial charge in [-0.15, -0.1) is 0 Å². The van der Waals surface area contributed by atoms with Crippen molar-refractivity contribution in [1.29, 1.82) is 0 Å². The Kier molecular flexibility index (Phi) is 5.43. The molecule has 0 bridgehead atoms. The Morgan fingerprint density at radius 2 is 1.88 bits per heavy atom. The summed E-state index contributed by atoms with van der Waals surface area (Å²) in [5, 5.41) is 3.26. The van der Waals surface area contributed by atoms with E-state index in [1.807, 2.05) is 19.1 Å². The number of halogens is 1. The van der Waals surface area contributed by atoms with Crippen LogP contribution in [0.2, 0.25) is 0 Å². The van der Waals surface area contributed by atoms with Gasteiger partial charge in [0.25, 0.3) is 0 Å². The molecule has 0 unspecified atom stereocenters. The zero-order chi connectivity index (χ0) is 12.0. The van der Waals surface area contributed by atoms with E-state index in [2.05, 4.69) is 5.32 Å². The molecule has 0 radical (unpaired) electrons. The van der Waals surface area contributed by atoms with Crippen LogP contribution in [0.3, 0.4) is 0 Å². The maximum atomic E-state index is 13.4. The molecular formula is C13H20FNO. The zero-order valence-corrected chi connectivity index (χ0v) is 10.3. The van der Waals surface area contributed by atoms with E-state index in [0.717, 1.165) is 31.9 Å². The summed E-state index contributed by atoms with van der Waals surface area (Å²) in [4.78, 5) is 0. The van der Waals surface area contributed by atoms with E-state index in [1.54, 1.807) is 13.8 Å². The fourth-order valence-corrected chi connectivity index (χ4v) is 1.66. The van der Waals surface area contributed by atoms with Crippen molar-refractivity contribution in [3.8, 4) is 0 Å². The lowest BCUT2D eigenvalue weighted by Gasteiger charge is -2.08. The van der Waals surface area contributed by atoms with Crippen LogP contribution in [0, 0.1) is 19.7 Å². The first kappa shape index (κ1) is 13.1. The summed E-state index contributed by atoms with van der Waals surface area (Å²) in [6, 6.07) is 3.77. The van der Waals surface area contributed by atoms with Gasteiger partial charge in [-0.25, -0.2) is 4.39 Å². The molecule has 16 heavy (non-hydrogen) atoms. The van der Waals surface area contributed by atoms with E-state index in [-0.39, 0.29) is 5.82 Å². The highest BCUT2D eigenvalue weighted by Crippen LogP contribution is 2.14. The number of hydrogen-bond donors (Lipinski definition) is 1. The van der Waals surface area contributed by atoms with Crippen molar-refractivity contribution in [2.75, 3.05) is 19.8 Å². The molecule has 0 aliphatic carbocycles. The van der Waals surface area contributed by atoms with Crippen LogP contribution in [-0.2, 0) is 11.3 Å². The van der Waals surface area contributed by atoms with Gasteiger partial charge in [-0.1, -0.05) is 12.1 Å². The molecule has 1 aromatic carbocycles. The fourth-order valence-electron chi connectivity index (χ4n) is 1.66. The third-order valence-electron chi connectivity index (χ3n) is 2.45. The zero-order valence-electron chi connectivity index (χ0n) is 10.3. The number of benzene rings is 1. The van der Waals surface area contributed by atoms with Crippen molar-refractivity contribution in [2.45, 2.75) is 27.3 Å². The van der Waals surface area contributed by atoms with E-state index in [1.165, 1.54) is 0 Å². The average Bonchev–Trinajstić information content (AvgIpc) is 2.25. The second-order valence-corrected chi connectivity index (χ2v) is 3.92. The summed E-state index contributed by atoms with van der Waals surface area (Å²) in [6.07, 6.45) is 0. The second kappa shape index (κ2) is 6.61. The summed E-state index contributed by atoms with van der Waals surface area (Å²) in [5.41, 5.74) is 2.54. The molecular weight excluding hydrogens is 205 g/mol. The molecule has 0 saturated carbocycles. The molecule has 0 amide bonds. The largest absolute Gasteiger partial charge is 0.380 e. The van der Waals surface area contributed by atoms with Crippen LogP contribution in [0.4, 0.5) is 4.39 Å². The summed E-state index contributed by atoms with van der Waals surface area (Å²) in [7, 11) is 0. The molecule has 0 atom stereocenters. The van der Waals surface area contributed by atoms with Crippen LogP contribution in [0.25, 0.3) is 0 Å². The number of aryl methyl sites for hydroxylation is 2. The smallest absolute Gasteiger partial charge is 0.129 e. The molecule has 0 spiro atoms. The normalized spacial score (nSPS) is 10.8. The van der Waals surface area contributed by atoms with Crippen molar-refractivity contribution >= 4 is 0 Å². The quantitative estimate of drug-likeness (QED) is 0.751. The Balaban J connectivity index is 2.43. The van der Waals surface area contributed by atoms with Crippen LogP contribution in [0.5, 0.6) is 0 Å². The van der Waals surface area contributed by atoms with Gasteiger partial charge in [0, 0.05) is 19.7 Å². The van der Waals surface area contributed by atoms with Crippen LogP contribution in [0.15, 0.2) is 12.1 Å². The van der Waals surface area contributed by atoms with Gasteiger partial charge in [-0.3, -0.25) is 0 Å². The summed E-state index contributed by atoms with van der Waals surface area (Å²) >= 11 is 0. The number of hydrogen-bond acceptors (Lipinski definition) is 2. The Labute approximate surface area is 96.8 Å². The topological polar surface area (TPSA) is 21.3 Å². The Morgan fingerprint density at radius 1 is 1.25 bits per heavy atom. The molecule has 0 heterocycles. The monoisotopic (exact) mass is 225 g/mol. The number of nitrogens with one attached hydrogen (secondary N) is 1. The lowest BCUT2D eigenvalue weighted by Crippen LogP contribution is -2.19. The molecule has 90 valence electrons. The maximum absolute atomic E-state index is 13.4. The van der Waals surface area contributed by atoms with Gasteiger partial charge in [0.05, 0.1) is 6.61 Å². The highest BCUT2D eigenvalue weighted by molar-refractivity contribution is 5.30. The van der Waals surface area contributed by atoms with Gasteiger partial charge in [-0.2, -0.15) is 0 Å². The van der Waals surface area contributed by atoms with Gasteiger partial charge in [0.15, 0.2) is 0 Å². The first-order valence-corrected chi connectivity index (χ1v) is 5.69. The molecule has 0 aliphatic heterocycles. The van der Waals surface area contributed by atoms with Crippen LogP contribution in [0.1, 0.15) is 23.6 Å². The van der Waals surface area contributed by atoms with Crippen LogP contribution < -0.4 is 5.32 Å². The summed E-state index contributed by atoms with van der Waals surface area (Å²) in [5.74, 6) is -0.0990. The van der Waals surface area contributed by atoms with Crippen molar-refractivity contribution in [3.63, 3.8) is 0 Å². The Morgan fingerprint density at radius 3 is 2.44 bits per heavy atom. The minimum atomic E-state index is -0.0990. The van der Waals surface area contributed by atoms with Gasteiger partial charge < -0.3 is 10.1 Å². The molecule has 0 fully saturated rings. The van der Waals surface area contributed by atoms with E-state index >= 15 is 0 Å². The van der Waals surface area contributed by atoms with Gasteiger partial charge >= 0.3 is 0 Å². The van der Waals surface area contributed by atoms with Crippen molar-refractivity contribution in [3.05, 3.63) is 34.6 Å². The second-order valence-electron chi connectivity index (χ2n) is 3.92. The van der Waals surface area contributed by atoms with E-state index < -0.39 is 0 Å². The Hall–Kier alpha value is -0.930. The van der Waals surface area contributed by atoms with Crippen LogP contribution in [-0.4, -0.2) is 19.8 Å². The highest BCUT2D eigenvalue weighted by atomic mass is 19.1. The fraction of sp³-hybridized carbons (Fsp3) is 0.538. The molecule has 0 saturated heterocycles. The number of ether oxygens (including phenoxy) is 1. The van der Waals surface area contributed by atoms with E-state index in [4.69, 9.17) is 4.74 Å². The molecule has 1 aromatic rings. The van der Waals surface area contributed by atoms with Crippen molar-refractivity contribution in [2.24, 2.45) is 0 Å². The number of rotatable bonds is 6. The van der Waals surface area contributed by atoms with Gasteiger partial charge in [0.2, 0.25) is 0 Å². The maximum Gasteiger partial charge on any atom is 0.129 e. The lowest BCUT2D eigenvalue weighted by atomic mass is 10.1. The average molecular weight is 225 g/mol. The minimum absolute atomic E-state index is 0.0990. The predicted octanol–water partition coefficient (Wildman–Crippen LogP) is 2.57. The third-order valence-corrected chi connectivity index (χ3v) is 2.45. The van der Waals surface area contributed by atoms with Gasteiger partial charge in [-0.05, 0) is 37.5 Å². The van der Waals surface area contributed by atoms with E-state index in [9.17, 15) is 4.39 Å². The first-order chi connectivity index (χ1) is 7.65. The SMILES string of the molecule is CCOCCNCc1cc(C)c(F)c(C)c1. The standard InChI is InChI=1S/C13H20FNO/c1-4-16-6-5-15-9-12-7-10(2)13(14)11(3)8-12/h7-8,15H,4-6,9H2,1-3H3. The third kappa shape index (κ3) is 3.91. The Bertz CT molecular complexity index is 316. The summed E-state index contributed by atoms with van der Waals surface area (Å²) in [6.45, 7) is 8.62. The van der Waals surface area contributed by atoms with Crippen LogP contribution >= 0.6 is 0 Å². The molecule has 0 aromatic heterocycles. The molecule has 0 aliphatic rings. The molecule has 2 nitrogen and oxygen atoms in total. The van der Waals surface area contributed by atoms with Crippen molar-refractivity contribution in [1.82, 2.24) is 5.32 Å². The first-order valence-electron chi connectivity index (χ1n) is 5.69. The van der Waals surface area contributed by atoms with Gasteiger partial charge in [0.1, 0.15) is 5.82 Å². The summed E-state index contributed by atoms with van der Waals surface area (Å²) < 4.78 is 18.6. The molecule has 1 N–H and O–H groups in total. The minimum Gasteiger partial charge on any atom is -0.380 e. The van der Waals surface area contributed by atoms with Crippen molar-refractivity contribution < 1.29 is 9.13 Å². The molecule has 3 heteroatoms. The highest BCUT2D eigenvalue weighted by Gasteiger charge is 2.03.